The predicted molar refractivity (Wildman–Crippen MR) is 85.9 cm³/mol. The van der Waals surface area contributed by atoms with E-state index in [1.165, 1.54) is 0 Å². The molecule has 0 unspecified atom stereocenters. The number of ether oxygens (including phenoxy) is 2. The number of benzene rings is 1. The van der Waals surface area contributed by atoms with Crippen molar-refractivity contribution in [1.82, 2.24) is 4.98 Å². The van der Waals surface area contributed by atoms with E-state index in [2.05, 4.69) is 11.9 Å². The zero-order valence-corrected chi connectivity index (χ0v) is 13.4. The van der Waals surface area contributed by atoms with Gasteiger partial charge in [0.2, 0.25) is 0 Å². The number of aromatic nitrogens is 1. The zero-order valence-electron chi connectivity index (χ0n) is 12.6. The maximum absolute atomic E-state index is 5.85. The lowest BCUT2D eigenvalue weighted by Gasteiger charge is -2.10. The Morgan fingerprint density at radius 3 is 2.48 bits per heavy atom. The summed E-state index contributed by atoms with van der Waals surface area (Å²) in [6.07, 6.45) is 2.04. The number of para-hydroxylation sites is 2. The van der Waals surface area contributed by atoms with Crippen molar-refractivity contribution in [3.8, 4) is 11.5 Å². The van der Waals surface area contributed by atoms with E-state index in [0.29, 0.717) is 19.8 Å². The van der Waals surface area contributed by atoms with Gasteiger partial charge >= 0.3 is 0 Å². The number of nitrogens with two attached hydrogens (primary N) is 1. The number of hydrogen-bond acceptors (Lipinski definition) is 5. The summed E-state index contributed by atoms with van der Waals surface area (Å²) in [5.41, 5.74) is 6.89. The monoisotopic (exact) mass is 306 g/mol. The molecule has 0 radical (unpaired) electrons. The first-order chi connectivity index (χ1) is 10.3. The standard InChI is InChI=1S/C16H22N2O2S/c1-3-7-12-15(10-17)21-16(18-12)11-20-14-9-6-5-8-13(14)19-4-2/h5-6,8-9H,3-4,7,10-11,17H2,1-2H3. The van der Waals surface area contributed by atoms with Crippen LogP contribution < -0.4 is 15.2 Å². The summed E-state index contributed by atoms with van der Waals surface area (Å²) >= 11 is 1.64. The third-order valence-corrected chi connectivity index (χ3v) is 4.09. The van der Waals surface area contributed by atoms with Gasteiger partial charge in [-0.1, -0.05) is 25.5 Å². The molecule has 2 aromatic rings. The number of aryl methyl sites for hydroxylation is 1. The number of nitrogens with zero attached hydrogens (tertiary/aromatic N) is 1. The second-order valence-electron chi connectivity index (χ2n) is 4.60. The van der Waals surface area contributed by atoms with Gasteiger partial charge in [-0.15, -0.1) is 11.3 Å². The van der Waals surface area contributed by atoms with Crippen LogP contribution >= 0.6 is 11.3 Å². The molecule has 0 bridgehead atoms. The minimum absolute atomic E-state index is 0.450. The normalized spacial score (nSPS) is 10.6. The molecule has 0 saturated heterocycles. The first kappa shape index (κ1) is 15.8. The lowest BCUT2D eigenvalue weighted by Crippen LogP contribution is -1.99. The molecule has 0 fully saturated rings. The molecule has 0 atom stereocenters. The van der Waals surface area contributed by atoms with Crippen LogP contribution in [0.1, 0.15) is 35.8 Å². The Balaban J connectivity index is 2.06. The van der Waals surface area contributed by atoms with Crippen LogP contribution in [-0.4, -0.2) is 11.6 Å². The van der Waals surface area contributed by atoms with E-state index >= 15 is 0 Å². The Kier molecular flexibility index (Phi) is 6.02. The zero-order chi connectivity index (χ0) is 15.1. The highest BCUT2D eigenvalue weighted by molar-refractivity contribution is 7.11. The minimum Gasteiger partial charge on any atom is -0.490 e. The Hall–Kier alpha value is -1.59. The van der Waals surface area contributed by atoms with Crippen LogP contribution in [0.5, 0.6) is 11.5 Å². The summed E-state index contributed by atoms with van der Waals surface area (Å²) < 4.78 is 11.4. The van der Waals surface area contributed by atoms with Gasteiger partial charge in [-0.25, -0.2) is 4.98 Å². The van der Waals surface area contributed by atoms with E-state index in [9.17, 15) is 0 Å². The summed E-state index contributed by atoms with van der Waals surface area (Å²) in [7, 11) is 0. The van der Waals surface area contributed by atoms with E-state index in [4.69, 9.17) is 15.2 Å². The maximum atomic E-state index is 5.85. The number of hydrogen-bond donors (Lipinski definition) is 1. The number of thiazole rings is 1. The fraction of sp³-hybridized carbons (Fsp3) is 0.438. The summed E-state index contributed by atoms with van der Waals surface area (Å²) in [6.45, 7) is 5.72. The second kappa shape index (κ2) is 8.00. The highest BCUT2D eigenvalue weighted by atomic mass is 32.1. The molecule has 114 valence electrons. The van der Waals surface area contributed by atoms with Crippen molar-refractivity contribution < 1.29 is 9.47 Å². The van der Waals surface area contributed by atoms with Crippen LogP contribution in [0, 0.1) is 0 Å². The fourth-order valence-electron chi connectivity index (χ4n) is 2.07. The lowest BCUT2D eigenvalue weighted by atomic mass is 10.2. The molecule has 0 spiro atoms. The molecule has 0 amide bonds. The predicted octanol–water partition coefficient (Wildman–Crippen LogP) is 3.53. The van der Waals surface area contributed by atoms with Crippen LogP contribution in [0.15, 0.2) is 24.3 Å². The van der Waals surface area contributed by atoms with Crippen molar-refractivity contribution in [3.05, 3.63) is 39.8 Å². The molecule has 1 aromatic heterocycles. The summed E-state index contributed by atoms with van der Waals surface area (Å²) in [6, 6.07) is 7.70. The van der Waals surface area contributed by atoms with Crippen LogP contribution in [0.4, 0.5) is 0 Å². The molecule has 0 aliphatic rings. The van der Waals surface area contributed by atoms with E-state index in [-0.39, 0.29) is 0 Å². The summed E-state index contributed by atoms with van der Waals surface area (Å²) in [5, 5.41) is 0.963. The van der Waals surface area contributed by atoms with Crippen molar-refractivity contribution in [1.29, 1.82) is 0 Å². The van der Waals surface area contributed by atoms with Crippen LogP contribution in [0.2, 0.25) is 0 Å². The molecule has 4 nitrogen and oxygen atoms in total. The summed E-state index contributed by atoms with van der Waals surface area (Å²) in [5.74, 6) is 1.52. The van der Waals surface area contributed by atoms with Gasteiger partial charge in [0.25, 0.3) is 0 Å². The molecule has 1 heterocycles. The van der Waals surface area contributed by atoms with Gasteiger partial charge in [0.1, 0.15) is 11.6 Å². The lowest BCUT2D eigenvalue weighted by molar-refractivity contribution is 0.269. The van der Waals surface area contributed by atoms with Gasteiger partial charge < -0.3 is 15.2 Å². The minimum atomic E-state index is 0.450. The fourth-order valence-corrected chi connectivity index (χ4v) is 2.98. The van der Waals surface area contributed by atoms with Gasteiger partial charge in [-0.2, -0.15) is 0 Å². The SMILES string of the molecule is CCCc1nc(COc2ccccc2OCC)sc1CN. The molecule has 2 N–H and O–H groups in total. The average Bonchev–Trinajstić information content (AvgIpc) is 2.89. The van der Waals surface area contributed by atoms with Crippen LogP contribution in [-0.2, 0) is 19.6 Å². The third kappa shape index (κ3) is 4.19. The third-order valence-electron chi connectivity index (χ3n) is 2.99. The topological polar surface area (TPSA) is 57.4 Å². The van der Waals surface area contributed by atoms with Crippen molar-refractivity contribution >= 4 is 11.3 Å². The van der Waals surface area contributed by atoms with Gasteiger partial charge in [-0.3, -0.25) is 0 Å². The molecule has 21 heavy (non-hydrogen) atoms. The quantitative estimate of drug-likeness (QED) is 0.810. The second-order valence-corrected chi connectivity index (χ2v) is 5.77. The van der Waals surface area contributed by atoms with Gasteiger partial charge in [0, 0.05) is 11.4 Å². The Morgan fingerprint density at radius 1 is 1.14 bits per heavy atom. The molecule has 2 rings (SSSR count). The molecular weight excluding hydrogens is 284 g/mol. The Morgan fingerprint density at radius 2 is 1.86 bits per heavy atom. The highest BCUT2D eigenvalue weighted by Gasteiger charge is 2.11. The molecule has 0 aliphatic carbocycles. The van der Waals surface area contributed by atoms with Crippen LogP contribution in [0.3, 0.4) is 0 Å². The van der Waals surface area contributed by atoms with Crippen molar-refractivity contribution in [3.63, 3.8) is 0 Å². The van der Waals surface area contributed by atoms with Crippen molar-refractivity contribution in [2.45, 2.75) is 39.8 Å². The van der Waals surface area contributed by atoms with Crippen molar-refractivity contribution in [2.24, 2.45) is 5.73 Å². The summed E-state index contributed by atoms with van der Waals surface area (Å²) in [4.78, 5) is 5.79. The van der Waals surface area contributed by atoms with E-state index < -0.39 is 0 Å². The maximum Gasteiger partial charge on any atom is 0.161 e. The van der Waals surface area contributed by atoms with Crippen molar-refractivity contribution in [2.75, 3.05) is 6.61 Å². The van der Waals surface area contributed by atoms with E-state index in [1.54, 1.807) is 11.3 Å². The largest absolute Gasteiger partial charge is 0.490 e. The molecule has 0 saturated carbocycles. The van der Waals surface area contributed by atoms with E-state index in [0.717, 1.165) is 39.9 Å². The Bertz CT molecular complexity index is 569. The van der Waals surface area contributed by atoms with Gasteiger partial charge in [0.05, 0.1) is 12.3 Å². The Labute approximate surface area is 129 Å². The molecule has 1 aromatic carbocycles. The molecule has 5 heteroatoms. The van der Waals surface area contributed by atoms with Crippen LogP contribution in [0.25, 0.3) is 0 Å². The average molecular weight is 306 g/mol. The van der Waals surface area contributed by atoms with Gasteiger partial charge in [0.15, 0.2) is 11.5 Å². The molecular formula is C16H22N2O2S. The highest BCUT2D eigenvalue weighted by Crippen LogP contribution is 2.28. The number of rotatable bonds is 8. The van der Waals surface area contributed by atoms with Gasteiger partial charge in [-0.05, 0) is 25.5 Å². The molecule has 0 aliphatic heterocycles. The first-order valence-corrected chi connectivity index (χ1v) is 8.12. The first-order valence-electron chi connectivity index (χ1n) is 7.30. The van der Waals surface area contributed by atoms with E-state index in [1.807, 2.05) is 31.2 Å². The smallest absolute Gasteiger partial charge is 0.161 e.